The summed E-state index contributed by atoms with van der Waals surface area (Å²) in [5.41, 5.74) is 1.01. The van der Waals surface area contributed by atoms with Crippen molar-refractivity contribution in [2.45, 2.75) is 25.2 Å². The number of aromatic nitrogens is 1. The molecule has 0 aliphatic carbocycles. The predicted molar refractivity (Wildman–Crippen MR) is 63.6 cm³/mol. The van der Waals surface area contributed by atoms with Crippen LogP contribution in [0.3, 0.4) is 0 Å². The molecule has 0 fully saturated rings. The Morgan fingerprint density at radius 2 is 2.33 bits per heavy atom. The van der Waals surface area contributed by atoms with Crippen LogP contribution < -0.4 is 5.32 Å². The van der Waals surface area contributed by atoms with Gasteiger partial charge in [0.2, 0.25) is 5.91 Å². The maximum atomic E-state index is 11.6. The van der Waals surface area contributed by atoms with Crippen LogP contribution in [0.15, 0.2) is 24.5 Å². The summed E-state index contributed by atoms with van der Waals surface area (Å²) in [6, 6.07) is 3.79. The van der Waals surface area contributed by atoms with Crippen LogP contribution in [0.25, 0.3) is 0 Å². The molecule has 0 radical (unpaired) electrons. The highest BCUT2D eigenvalue weighted by molar-refractivity contribution is 9.10. The fourth-order valence-corrected chi connectivity index (χ4v) is 1.25. The molecule has 1 aromatic rings. The number of carbonyl (C=O) groups is 1. The van der Waals surface area contributed by atoms with Crippen LogP contribution in [0.1, 0.15) is 19.4 Å². The van der Waals surface area contributed by atoms with Crippen LogP contribution in [-0.4, -0.2) is 15.7 Å². The molecule has 0 saturated heterocycles. The number of alkyl halides is 1. The number of pyridine rings is 1. The highest BCUT2D eigenvalue weighted by Gasteiger charge is 2.17. The van der Waals surface area contributed by atoms with E-state index in [2.05, 4.69) is 26.2 Å². The summed E-state index contributed by atoms with van der Waals surface area (Å²) in [5, 5.41) is 2.85. The Bertz CT molecular complexity index is 314. The van der Waals surface area contributed by atoms with Crippen LogP contribution >= 0.6 is 15.9 Å². The molecule has 1 unspecified atom stereocenters. The number of amides is 1. The third-order valence-electron chi connectivity index (χ3n) is 2.03. The van der Waals surface area contributed by atoms with Gasteiger partial charge in [0.15, 0.2) is 0 Å². The number of nitrogens with one attached hydrogen (secondary N) is 1. The molecule has 0 aromatic carbocycles. The predicted octanol–water partition coefficient (Wildman–Crippen LogP) is 2.12. The maximum absolute atomic E-state index is 11.6. The van der Waals surface area contributed by atoms with Crippen molar-refractivity contribution in [3.63, 3.8) is 0 Å². The molecule has 3 nitrogen and oxygen atoms in total. The second kappa shape index (κ2) is 5.85. The third kappa shape index (κ3) is 4.00. The molecule has 0 saturated carbocycles. The minimum absolute atomic E-state index is 0.0221. The summed E-state index contributed by atoms with van der Waals surface area (Å²) < 4.78 is 0. The summed E-state index contributed by atoms with van der Waals surface area (Å²) in [5.74, 6) is 0.313. The lowest BCUT2D eigenvalue weighted by atomic mass is 10.1. The number of hydrogen-bond donors (Lipinski definition) is 1. The molecule has 4 heteroatoms. The van der Waals surface area contributed by atoms with Gasteiger partial charge in [-0.2, -0.15) is 0 Å². The first kappa shape index (κ1) is 12.2. The molecule has 82 valence electrons. The van der Waals surface area contributed by atoms with Gasteiger partial charge in [0.1, 0.15) is 0 Å². The Morgan fingerprint density at radius 1 is 1.60 bits per heavy atom. The molecule has 1 rings (SSSR count). The first-order chi connectivity index (χ1) is 7.11. The first-order valence-corrected chi connectivity index (χ1v) is 5.83. The molecular weight excluding hydrogens is 256 g/mol. The monoisotopic (exact) mass is 270 g/mol. The van der Waals surface area contributed by atoms with Crippen molar-refractivity contribution in [2.24, 2.45) is 5.92 Å². The molecule has 0 bridgehead atoms. The fourth-order valence-electron chi connectivity index (χ4n) is 1.09. The van der Waals surface area contributed by atoms with E-state index < -0.39 is 0 Å². The molecule has 0 aliphatic rings. The second-order valence-electron chi connectivity index (χ2n) is 3.72. The highest BCUT2D eigenvalue weighted by atomic mass is 79.9. The highest BCUT2D eigenvalue weighted by Crippen LogP contribution is 2.11. The first-order valence-electron chi connectivity index (χ1n) is 4.92. The Labute approximate surface area is 98.4 Å². The van der Waals surface area contributed by atoms with Crippen molar-refractivity contribution in [1.29, 1.82) is 0 Å². The Morgan fingerprint density at radius 3 is 2.87 bits per heavy atom. The zero-order valence-corrected chi connectivity index (χ0v) is 10.5. The Hall–Kier alpha value is -0.900. The van der Waals surface area contributed by atoms with E-state index >= 15 is 0 Å². The number of hydrogen-bond acceptors (Lipinski definition) is 2. The van der Waals surface area contributed by atoms with E-state index in [4.69, 9.17) is 0 Å². The standard InChI is InChI=1S/C11H15BrN2O/c1-8(2)10(12)11(15)14-7-9-4-3-5-13-6-9/h3-6,8,10H,7H2,1-2H3,(H,14,15). The van der Waals surface area contributed by atoms with E-state index in [9.17, 15) is 4.79 Å². The van der Waals surface area contributed by atoms with Crippen molar-refractivity contribution in [2.75, 3.05) is 0 Å². The average molecular weight is 271 g/mol. The fraction of sp³-hybridized carbons (Fsp3) is 0.455. The van der Waals surface area contributed by atoms with E-state index in [-0.39, 0.29) is 10.7 Å². The SMILES string of the molecule is CC(C)C(Br)C(=O)NCc1cccnc1. The van der Waals surface area contributed by atoms with Crippen molar-refractivity contribution in [3.05, 3.63) is 30.1 Å². The topological polar surface area (TPSA) is 42.0 Å². The van der Waals surface area contributed by atoms with Gasteiger partial charge in [0, 0.05) is 18.9 Å². The minimum Gasteiger partial charge on any atom is -0.351 e. The van der Waals surface area contributed by atoms with Crippen molar-refractivity contribution in [3.8, 4) is 0 Å². The van der Waals surface area contributed by atoms with Gasteiger partial charge in [0.25, 0.3) is 0 Å². The lowest BCUT2D eigenvalue weighted by Gasteiger charge is -2.13. The number of nitrogens with zero attached hydrogens (tertiary/aromatic N) is 1. The number of halogens is 1. The summed E-state index contributed by atoms with van der Waals surface area (Å²) in [4.78, 5) is 15.4. The van der Waals surface area contributed by atoms with Gasteiger partial charge in [0.05, 0.1) is 4.83 Å². The molecule has 1 N–H and O–H groups in total. The summed E-state index contributed by atoms with van der Waals surface area (Å²) in [6.07, 6.45) is 3.46. The normalized spacial score (nSPS) is 12.5. The van der Waals surface area contributed by atoms with Gasteiger partial charge >= 0.3 is 0 Å². The molecular formula is C11H15BrN2O. The van der Waals surface area contributed by atoms with Crippen LogP contribution in [-0.2, 0) is 11.3 Å². The number of rotatable bonds is 4. The quantitative estimate of drug-likeness (QED) is 0.852. The van der Waals surface area contributed by atoms with E-state index in [1.807, 2.05) is 26.0 Å². The van der Waals surface area contributed by atoms with Crippen LogP contribution in [0, 0.1) is 5.92 Å². The molecule has 1 atom stereocenters. The maximum Gasteiger partial charge on any atom is 0.234 e. The van der Waals surface area contributed by atoms with Crippen molar-refractivity contribution >= 4 is 21.8 Å². The van der Waals surface area contributed by atoms with Crippen molar-refractivity contribution in [1.82, 2.24) is 10.3 Å². The van der Waals surface area contributed by atoms with E-state index in [1.165, 1.54) is 0 Å². The number of carbonyl (C=O) groups excluding carboxylic acids is 1. The second-order valence-corrected chi connectivity index (χ2v) is 4.71. The summed E-state index contributed by atoms with van der Waals surface area (Å²) in [7, 11) is 0. The third-order valence-corrected chi connectivity index (χ3v) is 3.50. The lowest BCUT2D eigenvalue weighted by Crippen LogP contribution is -2.33. The lowest BCUT2D eigenvalue weighted by molar-refractivity contribution is -0.121. The van der Waals surface area contributed by atoms with E-state index in [1.54, 1.807) is 12.4 Å². The minimum atomic E-state index is -0.130. The Kier molecular flexibility index (Phi) is 4.75. The van der Waals surface area contributed by atoms with Gasteiger partial charge in [-0.05, 0) is 17.5 Å². The van der Waals surface area contributed by atoms with Gasteiger partial charge < -0.3 is 5.32 Å². The summed E-state index contributed by atoms with van der Waals surface area (Å²) in [6.45, 7) is 4.54. The van der Waals surface area contributed by atoms with Gasteiger partial charge in [-0.3, -0.25) is 9.78 Å². The largest absolute Gasteiger partial charge is 0.351 e. The molecule has 1 aromatic heterocycles. The van der Waals surface area contributed by atoms with Gasteiger partial charge in [-0.15, -0.1) is 0 Å². The zero-order chi connectivity index (χ0) is 11.3. The Balaban J connectivity index is 2.41. The van der Waals surface area contributed by atoms with Crippen LogP contribution in [0.4, 0.5) is 0 Å². The zero-order valence-electron chi connectivity index (χ0n) is 8.90. The van der Waals surface area contributed by atoms with Gasteiger partial charge in [-0.1, -0.05) is 35.8 Å². The smallest absolute Gasteiger partial charge is 0.234 e. The van der Waals surface area contributed by atoms with E-state index in [0.717, 1.165) is 5.56 Å². The summed E-state index contributed by atoms with van der Waals surface area (Å²) >= 11 is 3.35. The van der Waals surface area contributed by atoms with E-state index in [0.29, 0.717) is 12.5 Å². The van der Waals surface area contributed by atoms with Crippen LogP contribution in [0.5, 0.6) is 0 Å². The molecule has 1 heterocycles. The molecule has 1 amide bonds. The van der Waals surface area contributed by atoms with Crippen molar-refractivity contribution < 1.29 is 4.79 Å². The molecule has 0 spiro atoms. The molecule has 15 heavy (non-hydrogen) atoms. The average Bonchev–Trinajstić information content (AvgIpc) is 2.26. The van der Waals surface area contributed by atoms with Crippen LogP contribution in [0.2, 0.25) is 0 Å². The molecule has 0 aliphatic heterocycles. The van der Waals surface area contributed by atoms with Gasteiger partial charge in [-0.25, -0.2) is 0 Å².